The zero-order chi connectivity index (χ0) is 18.0. The average molecular weight is 341 g/mol. The number of nitro benzene ring substituents is 1. The van der Waals surface area contributed by atoms with Crippen LogP contribution in [0.2, 0.25) is 0 Å². The fourth-order valence-corrected chi connectivity index (χ4v) is 3.28. The van der Waals surface area contributed by atoms with Gasteiger partial charge in [0.05, 0.1) is 16.9 Å². The first-order chi connectivity index (χ1) is 12.0. The number of aliphatic hydroxyl groups is 1. The molecule has 1 aliphatic rings. The van der Waals surface area contributed by atoms with Gasteiger partial charge in [0.25, 0.3) is 5.69 Å². The molecule has 1 aliphatic heterocycles. The summed E-state index contributed by atoms with van der Waals surface area (Å²) in [5.74, 6) is -0.686. The van der Waals surface area contributed by atoms with E-state index in [-0.39, 0.29) is 24.1 Å². The molecule has 3 N–H and O–H groups in total. The largest absolute Gasteiger partial charge is 0.387 e. The van der Waals surface area contributed by atoms with Crippen molar-refractivity contribution in [2.75, 3.05) is 18.0 Å². The van der Waals surface area contributed by atoms with E-state index in [1.54, 1.807) is 12.1 Å². The first-order valence-electron chi connectivity index (χ1n) is 8.03. The van der Waals surface area contributed by atoms with E-state index in [0.717, 1.165) is 11.3 Å². The quantitative estimate of drug-likeness (QED) is 0.639. The van der Waals surface area contributed by atoms with Gasteiger partial charge in [0.15, 0.2) is 0 Å². The van der Waals surface area contributed by atoms with Gasteiger partial charge in [-0.15, -0.1) is 0 Å². The minimum atomic E-state index is -0.877. The van der Waals surface area contributed by atoms with Gasteiger partial charge < -0.3 is 15.7 Å². The minimum Gasteiger partial charge on any atom is -0.387 e. The van der Waals surface area contributed by atoms with E-state index < -0.39 is 11.0 Å². The molecule has 0 bridgehead atoms. The lowest BCUT2D eigenvalue weighted by Crippen LogP contribution is -2.37. The van der Waals surface area contributed by atoms with E-state index in [1.807, 2.05) is 29.2 Å². The van der Waals surface area contributed by atoms with Crippen molar-refractivity contribution in [1.82, 2.24) is 0 Å². The number of nitrogens with zero attached hydrogens (tertiary/aromatic N) is 2. The number of carbonyl (C=O) groups excluding carboxylic acids is 1. The number of rotatable bonds is 5. The van der Waals surface area contributed by atoms with Crippen LogP contribution in [0.1, 0.15) is 29.6 Å². The maximum atomic E-state index is 11.7. The molecule has 130 valence electrons. The second-order valence-electron chi connectivity index (χ2n) is 6.12. The Morgan fingerprint density at radius 2 is 2.08 bits per heavy atom. The van der Waals surface area contributed by atoms with E-state index in [2.05, 4.69) is 0 Å². The lowest BCUT2D eigenvalue weighted by molar-refractivity contribution is -0.385. The van der Waals surface area contributed by atoms with Crippen LogP contribution in [0.3, 0.4) is 0 Å². The highest BCUT2D eigenvalue weighted by atomic mass is 16.6. The summed E-state index contributed by atoms with van der Waals surface area (Å²) in [4.78, 5) is 24.1. The fourth-order valence-electron chi connectivity index (χ4n) is 3.28. The third kappa shape index (κ3) is 3.46. The zero-order valence-electron chi connectivity index (χ0n) is 13.5. The SMILES string of the molecule is NC(=O)C1CCN(CC(O)c2cccc([N+](=O)[O-])c2)c2ccccc21. The molecule has 3 rings (SSSR count). The standard InChI is InChI=1S/C18H19N3O4/c19-18(23)15-8-9-20(16-7-2-1-6-14(15)16)11-17(22)12-4-3-5-13(10-12)21(24)25/h1-7,10,15,17,22H,8-9,11H2,(H2,19,23). The summed E-state index contributed by atoms with van der Waals surface area (Å²) in [5.41, 5.74) is 7.65. The molecule has 0 saturated carbocycles. The Balaban J connectivity index is 1.83. The summed E-state index contributed by atoms with van der Waals surface area (Å²) in [6.45, 7) is 0.861. The maximum absolute atomic E-state index is 11.7. The molecule has 2 aromatic rings. The number of carbonyl (C=O) groups is 1. The van der Waals surface area contributed by atoms with Crippen molar-refractivity contribution in [3.05, 3.63) is 69.8 Å². The number of benzene rings is 2. The third-order valence-electron chi connectivity index (χ3n) is 4.54. The highest BCUT2D eigenvalue weighted by molar-refractivity contribution is 5.85. The first-order valence-corrected chi connectivity index (χ1v) is 8.03. The molecule has 1 amide bonds. The van der Waals surface area contributed by atoms with E-state index in [1.165, 1.54) is 12.1 Å². The van der Waals surface area contributed by atoms with Crippen LogP contribution in [0.15, 0.2) is 48.5 Å². The van der Waals surface area contributed by atoms with Crippen molar-refractivity contribution >= 4 is 17.3 Å². The molecule has 25 heavy (non-hydrogen) atoms. The predicted molar refractivity (Wildman–Crippen MR) is 93.3 cm³/mol. The first kappa shape index (κ1) is 16.9. The summed E-state index contributed by atoms with van der Waals surface area (Å²) < 4.78 is 0. The number of aliphatic hydroxyl groups excluding tert-OH is 1. The second kappa shape index (κ2) is 6.90. The maximum Gasteiger partial charge on any atom is 0.269 e. The monoisotopic (exact) mass is 341 g/mol. The third-order valence-corrected chi connectivity index (χ3v) is 4.54. The van der Waals surface area contributed by atoms with Crippen LogP contribution in [-0.4, -0.2) is 29.0 Å². The molecular weight excluding hydrogens is 322 g/mol. The number of amides is 1. The number of nitro groups is 1. The second-order valence-corrected chi connectivity index (χ2v) is 6.12. The van der Waals surface area contributed by atoms with Crippen molar-refractivity contribution in [3.63, 3.8) is 0 Å². The number of hydrogen-bond acceptors (Lipinski definition) is 5. The van der Waals surface area contributed by atoms with Gasteiger partial charge in [-0.3, -0.25) is 14.9 Å². The molecule has 0 spiro atoms. The van der Waals surface area contributed by atoms with Gasteiger partial charge in [-0.25, -0.2) is 0 Å². The molecule has 1 heterocycles. The molecule has 7 heteroatoms. The smallest absolute Gasteiger partial charge is 0.269 e. The molecule has 2 aromatic carbocycles. The molecule has 0 aromatic heterocycles. The van der Waals surface area contributed by atoms with Gasteiger partial charge in [-0.05, 0) is 23.6 Å². The molecule has 0 saturated heterocycles. The summed E-state index contributed by atoms with van der Waals surface area (Å²) in [5, 5.41) is 21.4. The van der Waals surface area contributed by atoms with Crippen LogP contribution in [-0.2, 0) is 4.79 Å². The average Bonchev–Trinajstić information content (AvgIpc) is 2.61. The van der Waals surface area contributed by atoms with Crippen LogP contribution in [0.5, 0.6) is 0 Å². The lowest BCUT2D eigenvalue weighted by Gasteiger charge is -2.35. The van der Waals surface area contributed by atoms with Gasteiger partial charge in [-0.2, -0.15) is 0 Å². The molecule has 0 aliphatic carbocycles. The van der Waals surface area contributed by atoms with Crippen molar-refractivity contribution in [3.8, 4) is 0 Å². The fraction of sp³-hybridized carbons (Fsp3) is 0.278. The molecular formula is C18H19N3O4. The molecule has 2 unspecified atom stereocenters. The van der Waals surface area contributed by atoms with Crippen LogP contribution in [0.4, 0.5) is 11.4 Å². The molecule has 7 nitrogen and oxygen atoms in total. The van der Waals surface area contributed by atoms with E-state index >= 15 is 0 Å². The minimum absolute atomic E-state index is 0.0515. The summed E-state index contributed by atoms with van der Waals surface area (Å²) in [6, 6.07) is 13.5. The number of anilines is 1. The van der Waals surface area contributed by atoms with E-state index in [9.17, 15) is 20.0 Å². The molecule has 0 fully saturated rings. The molecule has 0 radical (unpaired) electrons. The Morgan fingerprint density at radius 3 is 2.80 bits per heavy atom. The van der Waals surface area contributed by atoms with Crippen molar-refractivity contribution in [2.45, 2.75) is 18.4 Å². The summed E-state index contributed by atoms with van der Waals surface area (Å²) >= 11 is 0. The number of primary amides is 1. The lowest BCUT2D eigenvalue weighted by atomic mass is 9.89. The number of hydrogen-bond donors (Lipinski definition) is 2. The van der Waals surface area contributed by atoms with Gasteiger partial charge in [0, 0.05) is 30.9 Å². The Kier molecular flexibility index (Phi) is 4.67. The van der Waals surface area contributed by atoms with Gasteiger partial charge in [0.1, 0.15) is 0 Å². The van der Waals surface area contributed by atoms with Gasteiger partial charge >= 0.3 is 0 Å². The number of non-ortho nitro benzene ring substituents is 1. The van der Waals surface area contributed by atoms with Crippen molar-refractivity contribution in [1.29, 1.82) is 0 Å². The number of fused-ring (bicyclic) bond motifs is 1. The van der Waals surface area contributed by atoms with E-state index in [4.69, 9.17) is 5.73 Å². The van der Waals surface area contributed by atoms with Crippen molar-refractivity contribution in [2.24, 2.45) is 5.73 Å². The summed E-state index contributed by atoms with van der Waals surface area (Å²) in [7, 11) is 0. The molecule has 2 atom stereocenters. The van der Waals surface area contributed by atoms with Gasteiger partial charge in [-0.1, -0.05) is 30.3 Å². The zero-order valence-corrected chi connectivity index (χ0v) is 13.5. The number of para-hydroxylation sites is 1. The van der Waals surface area contributed by atoms with Crippen LogP contribution >= 0.6 is 0 Å². The Labute approximate surface area is 144 Å². The van der Waals surface area contributed by atoms with E-state index in [0.29, 0.717) is 18.5 Å². The number of β-amino-alcohol motifs (C(OH)–C–C–N with tert-alkyl or cyclic N) is 1. The number of nitrogens with two attached hydrogens (primary N) is 1. The topological polar surface area (TPSA) is 110 Å². The Hall–Kier alpha value is -2.93. The Morgan fingerprint density at radius 1 is 1.32 bits per heavy atom. The van der Waals surface area contributed by atoms with Crippen molar-refractivity contribution < 1.29 is 14.8 Å². The Bertz CT molecular complexity index is 808. The van der Waals surface area contributed by atoms with Gasteiger partial charge in [0.2, 0.25) is 5.91 Å². The van der Waals surface area contributed by atoms with Crippen LogP contribution in [0.25, 0.3) is 0 Å². The highest BCUT2D eigenvalue weighted by Gasteiger charge is 2.29. The van der Waals surface area contributed by atoms with Crippen LogP contribution < -0.4 is 10.6 Å². The highest BCUT2D eigenvalue weighted by Crippen LogP contribution is 2.36. The van der Waals surface area contributed by atoms with Crippen LogP contribution in [0, 0.1) is 10.1 Å². The summed E-state index contributed by atoms with van der Waals surface area (Å²) in [6.07, 6.45) is -0.299. The predicted octanol–water partition coefficient (Wildman–Crippen LogP) is 2.11. The normalized spacial score (nSPS) is 17.6.